The van der Waals surface area contributed by atoms with Crippen LogP contribution in [0.1, 0.15) is 24.4 Å². The van der Waals surface area contributed by atoms with E-state index in [1.165, 1.54) is 17.7 Å². The van der Waals surface area contributed by atoms with Crippen molar-refractivity contribution in [2.75, 3.05) is 13.1 Å². The zero-order chi connectivity index (χ0) is 17.4. The first-order chi connectivity index (χ1) is 12.1. The Morgan fingerprint density at radius 1 is 1.12 bits per heavy atom. The number of fused-ring (bicyclic) bond motifs is 1. The van der Waals surface area contributed by atoms with E-state index < -0.39 is 11.6 Å². The maximum Gasteiger partial charge on any atom is 0.178 e. The van der Waals surface area contributed by atoms with Gasteiger partial charge in [0.2, 0.25) is 0 Å². The van der Waals surface area contributed by atoms with Crippen LogP contribution in [0, 0.1) is 16.4 Å². The van der Waals surface area contributed by atoms with Crippen LogP contribution >= 0.6 is 12.2 Å². The Bertz CT molecular complexity index is 948. The Balaban J connectivity index is 1.63. The van der Waals surface area contributed by atoms with Gasteiger partial charge >= 0.3 is 0 Å². The number of piperidine rings is 1. The Hall–Kier alpha value is -2.05. The average Bonchev–Trinajstić information content (AvgIpc) is 2.91. The highest BCUT2D eigenvalue weighted by Gasteiger charge is 2.24. The lowest BCUT2D eigenvalue weighted by atomic mass is 10.0. The summed E-state index contributed by atoms with van der Waals surface area (Å²) in [5.41, 5.74) is 2.46. The molecule has 3 aromatic rings. The number of likely N-dealkylation sites (tertiary alicyclic amines) is 1. The summed E-state index contributed by atoms with van der Waals surface area (Å²) in [6.07, 6.45) is 2.03. The van der Waals surface area contributed by atoms with E-state index in [1.807, 2.05) is 22.8 Å². The van der Waals surface area contributed by atoms with Gasteiger partial charge in [-0.25, -0.2) is 8.78 Å². The fourth-order valence-corrected chi connectivity index (χ4v) is 4.07. The molecule has 1 unspecified atom stereocenters. The molecule has 25 heavy (non-hydrogen) atoms. The third-order valence-electron chi connectivity index (χ3n) is 4.85. The van der Waals surface area contributed by atoms with E-state index in [1.54, 1.807) is 0 Å². The lowest BCUT2D eigenvalue weighted by molar-refractivity contribution is 0.171. The Kier molecular flexibility index (Phi) is 4.39. The van der Waals surface area contributed by atoms with Crippen LogP contribution in [-0.4, -0.2) is 27.5 Å². The number of rotatable bonds is 3. The zero-order valence-corrected chi connectivity index (χ0v) is 14.5. The van der Waals surface area contributed by atoms with Crippen LogP contribution in [0.25, 0.3) is 11.0 Å². The van der Waals surface area contributed by atoms with Gasteiger partial charge in [0.25, 0.3) is 0 Å². The molecular weight excluding hydrogens is 340 g/mol. The lowest BCUT2D eigenvalue weighted by Crippen LogP contribution is -2.36. The standard InChI is InChI=1S/C19H19F2N3S/c20-15-9-17-18(10-16(15)21)24(19(25)22-17)14-7-4-8-23(12-14)11-13-5-2-1-3-6-13/h1-3,5-6,9-10,14H,4,7-8,11-12H2,(H,22,25). The highest BCUT2D eigenvalue weighted by molar-refractivity contribution is 7.71. The first-order valence-corrected chi connectivity index (χ1v) is 8.88. The molecule has 6 heteroatoms. The molecule has 1 N–H and O–H groups in total. The van der Waals surface area contributed by atoms with Crippen molar-refractivity contribution < 1.29 is 8.78 Å². The molecule has 2 aromatic carbocycles. The molecule has 3 nitrogen and oxygen atoms in total. The van der Waals surface area contributed by atoms with E-state index in [0.29, 0.717) is 15.8 Å². The summed E-state index contributed by atoms with van der Waals surface area (Å²) in [7, 11) is 0. The third kappa shape index (κ3) is 3.24. The highest BCUT2D eigenvalue weighted by atomic mass is 32.1. The number of nitrogens with one attached hydrogen (secondary N) is 1. The van der Waals surface area contributed by atoms with Gasteiger partial charge in [-0.3, -0.25) is 4.90 Å². The smallest absolute Gasteiger partial charge is 0.178 e. The molecule has 1 saturated heterocycles. The van der Waals surface area contributed by atoms with E-state index in [9.17, 15) is 8.78 Å². The normalized spacial score (nSPS) is 18.7. The number of nitrogens with zero attached hydrogens (tertiary/aromatic N) is 2. The highest BCUT2D eigenvalue weighted by Crippen LogP contribution is 2.28. The molecule has 1 aliphatic heterocycles. The van der Waals surface area contributed by atoms with E-state index >= 15 is 0 Å². The summed E-state index contributed by atoms with van der Waals surface area (Å²) in [6.45, 7) is 2.76. The van der Waals surface area contributed by atoms with Crippen LogP contribution in [0.15, 0.2) is 42.5 Å². The second-order valence-corrected chi connectivity index (χ2v) is 6.99. The molecule has 0 spiro atoms. The number of aromatic amines is 1. The van der Waals surface area contributed by atoms with E-state index in [-0.39, 0.29) is 6.04 Å². The quantitative estimate of drug-likeness (QED) is 0.678. The minimum atomic E-state index is -0.856. The number of halogens is 2. The predicted molar refractivity (Wildman–Crippen MR) is 97.0 cm³/mol. The number of benzene rings is 2. The van der Waals surface area contributed by atoms with Crippen LogP contribution < -0.4 is 0 Å². The molecule has 0 bridgehead atoms. The van der Waals surface area contributed by atoms with Crippen LogP contribution in [0.4, 0.5) is 8.78 Å². The molecule has 0 aliphatic carbocycles. The van der Waals surface area contributed by atoms with Crippen molar-refractivity contribution in [3.63, 3.8) is 0 Å². The lowest BCUT2D eigenvalue weighted by Gasteiger charge is -2.33. The number of hydrogen-bond acceptors (Lipinski definition) is 2. The van der Waals surface area contributed by atoms with E-state index in [0.717, 1.165) is 32.5 Å². The maximum absolute atomic E-state index is 13.7. The molecule has 2 heterocycles. The summed E-state index contributed by atoms with van der Waals surface area (Å²) < 4.78 is 29.7. The van der Waals surface area contributed by atoms with Crippen LogP contribution in [-0.2, 0) is 6.54 Å². The third-order valence-corrected chi connectivity index (χ3v) is 5.15. The average molecular weight is 359 g/mol. The van der Waals surface area contributed by atoms with Gasteiger partial charge in [-0.2, -0.15) is 0 Å². The SMILES string of the molecule is Fc1cc2[nH]c(=S)n(C3CCCN(Cc4ccccc4)C3)c2cc1F. The minimum Gasteiger partial charge on any atom is -0.330 e. The second-order valence-electron chi connectivity index (χ2n) is 6.60. The second kappa shape index (κ2) is 6.69. The van der Waals surface area contributed by atoms with Crippen LogP contribution in [0.5, 0.6) is 0 Å². The predicted octanol–water partition coefficient (Wildman–Crippen LogP) is 4.81. The molecule has 0 radical (unpaired) electrons. The molecule has 1 atom stereocenters. The van der Waals surface area contributed by atoms with Crippen LogP contribution in [0.3, 0.4) is 0 Å². The van der Waals surface area contributed by atoms with Crippen molar-refractivity contribution >= 4 is 23.3 Å². The fourth-order valence-electron chi connectivity index (χ4n) is 3.71. The molecular formula is C19H19F2N3S. The van der Waals surface area contributed by atoms with E-state index in [4.69, 9.17) is 12.2 Å². The van der Waals surface area contributed by atoms with Crippen molar-refractivity contribution in [3.8, 4) is 0 Å². The summed E-state index contributed by atoms with van der Waals surface area (Å²) in [5, 5.41) is 0. The minimum absolute atomic E-state index is 0.156. The molecule has 4 rings (SSSR count). The molecule has 0 saturated carbocycles. The summed E-state index contributed by atoms with van der Waals surface area (Å²) >= 11 is 5.43. The topological polar surface area (TPSA) is 24.0 Å². The van der Waals surface area contributed by atoms with Crippen molar-refractivity contribution in [2.24, 2.45) is 0 Å². The molecule has 1 aliphatic rings. The summed E-state index contributed by atoms with van der Waals surface area (Å²) in [4.78, 5) is 5.40. The Morgan fingerprint density at radius 3 is 2.68 bits per heavy atom. The van der Waals surface area contributed by atoms with Crippen LogP contribution in [0.2, 0.25) is 0 Å². The summed E-state index contributed by atoms with van der Waals surface area (Å²) in [5.74, 6) is -1.70. The van der Waals surface area contributed by atoms with Gasteiger partial charge in [0, 0.05) is 31.3 Å². The van der Waals surface area contributed by atoms with Crippen molar-refractivity contribution in [1.29, 1.82) is 0 Å². The fraction of sp³-hybridized carbons (Fsp3) is 0.316. The summed E-state index contributed by atoms with van der Waals surface area (Å²) in [6, 6.07) is 12.9. The van der Waals surface area contributed by atoms with Crippen molar-refractivity contribution in [1.82, 2.24) is 14.5 Å². The van der Waals surface area contributed by atoms with Gasteiger partial charge in [0.1, 0.15) is 0 Å². The molecule has 0 amide bonds. The first-order valence-electron chi connectivity index (χ1n) is 8.47. The number of hydrogen-bond donors (Lipinski definition) is 1. The number of imidazole rings is 1. The van der Waals surface area contributed by atoms with Crippen molar-refractivity contribution in [3.05, 3.63) is 64.4 Å². The number of H-pyrrole nitrogens is 1. The molecule has 1 aromatic heterocycles. The Labute approximate surface area is 149 Å². The van der Waals surface area contributed by atoms with Gasteiger partial charge < -0.3 is 9.55 Å². The Morgan fingerprint density at radius 2 is 1.88 bits per heavy atom. The van der Waals surface area contributed by atoms with E-state index in [2.05, 4.69) is 22.0 Å². The van der Waals surface area contributed by atoms with Gasteiger partial charge in [0.15, 0.2) is 16.4 Å². The molecule has 1 fully saturated rings. The van der Waals surface area contributed by atoms with Gasteiger partial charge in [0.05, 0.1) is 11.0 Å². The first kappa shape index (κ1) is 16.4. The van der Waals surface area contributed by atoms with Gasteiger partial charge in [-0.15, -0.1) is 0 Å². The zero-order valence-electron chi connectivity index (χ0n) is 13.7. The van der Waals surface area contributed by atoms with Crippen molar-refractivity contribution in [2.45, 2.75) is 25.4 Å². The monoisotopic (exact) mass is 359 g/mol. The maximum atomic E-state index is 13.7. The van der Waals surface area contributed by atoms with Gasteiger partial charge in [-0.1, -0.05) is 30.3 Å². The van der Waals surface area contributed by atoms with Gasteiger partial charge in [-0.05, 0) is 37.2 Å². The largest absolute Gasteiger partial charge is 0.330 e. The number of aromatic nitrogens is 2. The molecule has 130 valence electrons.